The summed E-state index contributed by atoms with van der Waals surface area (Å²) >= 11 is 0. The van der Waals surface area contributed by atoms with Crippen LogP contribution in [0.1, 0.15) is 32.6 Å². The fourth-order valence-corrected chi connectivity index (χ4v) is 1.72. The van der Waals surface area contributed by atoms with Crippen molar-refractivity contribution in [1.82, 2.24) is 5.32 Å². The van der Waals surface area contributed by atoms with Crippen LogP contribution >= 0.6 is 0 Å². The molecule has 1 saturated carbocycles. The second-order valence-electron chi connectivity index (χ2n) is 4.28. The van der Waals surface area contributed by atoms with Crippen molar-refractivity contribution in [3.63, 3.8) is 0 Å². The highest BCUT2D eigenvalue weighted by atomic mass is 19.3. The fourth-order valence-electron chi connectivity index (χ4n) is 1.72. The van der Waals surface area contributed by atoms with Crippen LogP contribution in [0.4, 0.5) is 8.78 Å². The Labute approximate surface area is 88.4 Å². The summed E-state index contributed by atoms with van der Waals surface area (Å²) in [6, 6.07) is -0.0834. The van der Waals surface area contributed by atoms with Gasteiger partial charge in [0.2, 0.25) is 11.8 Å². The highest BCUT2D eigenvalue weighted by Gasteiger charge is 2.37. The third-order valence-electron chi connectivity index (χ3n) is 2.83. The molecule has 0 spiro atoms. The van der Waals surface area contributed by atoms with Crippen LogP contribution in [0.3, 0.4) is 0 Å². The van der Waals surface area contributed by atoms with Crippen LogP contribution in [0.2, 0.25) is 0 Å². The molecule has 5 heteroatoms. The van der Waals surface area contributed by atoms with Gasteiger partial charge in [0.05, 0.1) is 0 Å². The zero-order valence-electron chi connectivity index (χ0n) is 8.93. The molecule has 1 fully saturated rings. The molecule has 3 N–H and O–H groups in total. The van der Waals surface area contributed by atoms with Crippen LogP contribution in [-0.4, -0.2) is 24.4 Å². The number of amides is 1. The summed E-state index contributed by atoms with van der Waals surface area (Å²) in [5.74, 6) is -2.97. The molecule has 0 saturated heterocycles. The van der Waals surface area contributed by atoms with Crippen molar-refractivity contribution < 1.29 is 13.6 Å². The Hall–Kier alpha value is -0.710. The van der Waals surface area contributed by atoms with Crippen molar-refractivity contribution in [1.29, 1.82) is 0 Å². The predicted molar refractivity (Wildman–Crippen MR) is 53.6 cm³/mol. The number of carbonyl (C=O) groups excluding carboxylic acids is 1. The molecule has 1 aliphatic rings. The quantitative estimate of drug-likeness (QED) is 0.752. The first-order chi connectivity index (χ1) is 6.94. The normalized spacial score (nSPS) is 23.5. The van der Waals surface area contributed by atoms with E-state index in [1.807, 2.05) is 0 Å². The lowest BCUT2D eigenvalue weighted by molar-refractivity contribution is -0.129. The van der Waals surface area contributed by atoms with Gasteiger partial charge in [-0.15, -0.1) is 0 Å². The Morgan fingerprint density at radius 2 is 2.07 bits per heavy atom. The van der Waals surface area contributed by atoms with Crippen molar-refractivity contribution in [2.24, 2.45) is 11.7 Å². The summed E-state index contributed by atoms with van der Waals surface area (Å²) in [4.78, 5) is 11.6. The molecule has 0 radical (unpaired) electrons. The van der Waals surface area contributed by atoms with Gasteiger partial charge >= 0.3 is 0 Å². The molecule has 1 atom stereocenters. The van der Waals surface area contributed by atoms with Gasteiger partial charge in [0.15, 0.2) is 0 Å². The molecule has 3 nitrogen and oxygen atoms in total. The third kappa shape index (κ3) is 3.74. The summed E-state index contributed by atoms with van der Waals surface area (Å²) in [6.45, 7) is 2.17. The number of hydrogen-bond donors (Lipinski definition) is 2. The summed E-state index contributed by atoms with van der Waals surface area (Å²) in [5.41, 5.74) is 5.36. The van der Waals surface area contributed by atoms with Gasteiger partial charge in [-0.3, -0.25) is 4.79 Å². The smallest absolute Gasteiger partial charge is 0.248 e. The van der Waals surface area contributed by atoms with Crippen molar-refractivity contribution in [3.05, 3.63) is 0 Å². The van der Waals surface area contributed by atoms with E-state index in [2.05, 4.69) is 5.32 Å². The lowest BCUT2D eigenvalue weighted by atomic mass is 9.86. The molecule has 0 aromatic rings. The van der Waals surface area contributed by atoms with Crippen LogP contribution < -0.4 is 11.1 Å². The third-order valence-corrected chi connectivity index (χ3v) is 2.83. The maximum absolute atomic E-state index is 12.8. The summed E-state index contributed by atoms with van der Waals surface area (Å²) in [6.07, 6.45) is 0.191. The molecule has 1 amide bonds. The summed E-state index contributed by atoms with van der Waals surface area (Å²) < 4.78 is 25.6. The number of carbonyl (C=O) groups is 1. The molecular weight excluding hydrogens is 202 g/mol. The van der Waals surface area contributed by atoms with Gasteiger partial charge in [0.1, 0.15) is 0 Å². The van der Waals surface area contributed by atoms with E-state index >= 15 is 0 Å². The van der Waals surface area contributed by atoms with Crippen LogP contribution in [0.5, 0.6) is 0 Å². The van der Waals surface area contributed by atoms with E-state index in [1.165, 1.54) is 0 Å². The number of rotatable bonds is 3. The molecule has 0 bridgehead atoms. The van der Waals surface area contributed by atoms with E-state index in [9.17, 15) is 13.6 Å². The van der Waals surface area contributed by atoms with Crippen molar-refractivity contribution in [3.8, 4) is 0 Å². The van der Waals surface area contributed by atoms with E-state index in [-0.39, 0.29) is 43.6 Å². The first-order valence-electron chi connectivity index (χ1n) is 5.33. The Morgan fingerprint density at radius 3 is 2.53 bits per heavy atom. The maximum Gasteiger partial charge on any atom is 0.248 e. The number of halogens is 2. The predicted octanol–water partition coefficient (Wildman–Crippen LogP) is 1.28. The molecule has 1 rings (SSSR count). The van der Waals surface area contributed by atoms with Gasteiger partial charge in [0.25, 0.3) is 0 Å². The first-order valence-corrected chi connectivity index (χ1v) is 5.33. The molecule has 88 valence electrons. The van der Waals surface area contributed by atoms with Crippen LogP contribution in [0, 0.1) is 5.92 Å². The van der Waals surface area contributed by atoms with E-state index in [4.69, 9.17) is 5.73 Å². The van der Waals surface area contributed by atoms with Gasteiger partial charge in [0, 0.05) is 31.3 Å². The molecule has 0 aliphatic heterocycles. The van der Waals surface area contributed by atoms with Gasteiger partial charge in [-0.25, -0.2) is 8.78 Å². The second-order valence-corrected chi connectivity index (χ2v) is 4.28. The maximum atomic E-state index is 12.8. The van der Waals surface area contributed by atoms with Gasteiger partial charge in [-0.1, -0.05) is 0 Å². The van der Waals surface area contributed by atoms with E-state index in [0.717, 1.165) is 0 Å². The largest absolute Gasteiger partial charge is 0.352 e. The lowest BCUT2D eigenvalue weighted by Gasteiger charge is -2.28. The van der Waals surface area contributed by atoms with Crippen LogP contribution in [0.25, 0.3) is 0 Å². The molecule has 0 aromatic heterocycles. The van der Waals surface area contributed by atoms with E-state index < -0.39 is 5.92 Å². The molecular formula is C10H18F2N2O. The van der Waals surface area contributed by atoms with Crippen LogP contribution in [-0.2, 0) is 4.79 Å². The highest BCUT2D eigenvalue weighted by Crippen LogP contribution is 2.36. The zero-order chi connectivity index (χ0) is 11.5. The van der Waals surface area contributed by atoms with Crippen molar-refractivity contribution in [2.75, 3.05) is 6.54 Å². The molecule has 0 aromatic carbocycles. The number of nitrogens with two attached hydrogens (primary N) is 1. The average molecular weight is 220 g/mol. The number of alkyl halides is 2. The van der Waals surface area contributed by atoms with E-state index in [1.54, 1.807) is 6.92 Å². The summed E-state index contributed by atoms with van der Waals surface area (Å²) in [5, 5.41) is 2.72. The average Bonchev–Trinajstić information content (AvgIpc) is 2.17. The first kappa shape index (κ1) is 12.4. The fraction of sp³-hybridized carbons (Fsp3) is 0.900. The minimum atomic E-state index is -2.57. The number of hydrogen-bond acceptors (Lipinski definition) is 2. The molecule has 1 aliphatic carbocycles. The highest BCUT2D eigenvalue weighted by molar-refractivity contribution is 5.79. The van der Waals surface area contributed by atoms with Gasteiger partial charge < -0.3 is 11.1 Å². The monoisotopic (exact) mass is 220 g/mol. The Kier molecular flexibility index (Phi) is 4.02. The Bertz CT molecular complexity index is 223. The van der Waals surface area contributed by atoms with Gasteiger partial charge in [-0.05, 0) is 19.8 Å². The minimum Gasteiger partial charge on any atom is -0.352 e. The van der Waals surface area contributed by atoms with Crippen molar-refractivity contribution >= 4 is 5.91 Å². The molecule has 1 unspecified atom stereocenters. The second kappa shape index (κ2) is 4.88. The Morgan fingerprint density at radius 1 is 1.53 bits per heavy atom. The summed E-state index contributed by atoms with van der Waals surface area (Å²) in [7, 11) is 0. The topological polar surface area (TPSA) is 55.1 Å². The number of nitrogens with one attached hydrogen (secondary N) is 1. The van der Waals surface area contributed by atoms with E-state index in [0.29, 0.717) is 6.54 Å². The van der Waals surface area contributed by atoms with Crippen LogP contribution in [0.15, 0.2) is 0 Å². The molecule has 15 heavy (non-hydrogen) atoms. The minimum absolute atomic E-state index is 0.0834. The zero-order valence-corrected chi connectivity index (χ0v) is 8.93. The van der Waals surface area contributed by atoms with Crippen molar-refractivity contribution in [2.45, 2.75) is 44.6 Å². The SMILES string of the molecule is CC(CN)NC(=O)C1CCC(F)(F)CC1. The van der Waals surface area contributed by atoms with Gasteiger partial charge in [-0.2, -0.15) is 0 Å². The standard InChI is InChI=1S/C10H18F2N2O/c1-7(6-13)14-9(15)8-2-4-10(11,12)5-3-8/h7-8H,2-6,13H2,1H3,(H,14,15). The lowest BCUT2D eigenvalue weighted by Crippen LogP contribution is -2.43. The molecule has 0 heterocycles. The Balaban J connectivity index is 2.36.